The largest absolute Gasteiger partial charge is 0.341 e. The van der Waals surface area contributed by atoms with Crippen LogP contribution in [0.25, 0.3) is 10.6 Å². The average molecular weight is 328 g/mol. The number of hydrogen-bond acceptors (Lipinski definition) is 4. The Hall–Kier alpha value is -1.98. The fraction of sp³-hybridized carbons (Fsp3) is 0.176. The molecular formula is C17H16N2OS2. The molecule has 0 N–H and O–H groups in total. The summed E-state index contributed by atoms with van der Waals surface area (Å²) in [7, 11) is 1.83. The number of rotatable bonds is 5. The van der Waals surface area contributed by atoms with Gasteiger partial charge in [-0.15, -0.1) is 11.3 Å². The predicted molar refractivity (Wildman–Crippen MR) is 92.0 cm³/mol. The highest BCUT2D eigenvalue weighted by Gasteiger charge is 2.13. The molecule has 112 valence electrons. The third kappa shape index (κ3) is 3.61. The molecule has 3 aromatic rings. The number of amides is 1. The Balaban J connectivity index is 1.62. The minimum atomic E-state index is 0.0889. The molecule has 0 aliphatic carbocycles. The summed E-state index contributed by atoms with van der Waals surface area (Å²) in [6.45, 7) is 0.626. The van der Waals surface area contributed by atoms with Crippen LogP contribution >= 0.6 is 22.7 Å². The number of nitrogens with zero attached hydrogens (tertiary/aromatic N) is 2. The van der Waals surface area contributed by atoms with Gasteiger partial charge in [-0.05, 0) is 17.0 Å². The summed E-state index contributed by atoms with van der Waals surface area (Å²) in [6.07, 6.45) is 0.351. The molecule has 0 atom stereocenters. The van der Waals surface area contributed by atoms with E-state index in [0.29, 0.717) is 13.0 Å². The van der Waals surface area contributed by atoms with E-state index in [1.54, 1.807) is 27.6 Å². The van der Waals surface area contributed by atoms with Crippen molar-refractivity contribution in [1.29, 1.82) is 0 Å². The van der Waals surface area contributed by atoms with Gasteiger partial charge >= 0.3 is 0 Å². The molecule has 0 bridgehead atoms. The van der Waals surface area contributed by atoms with Crippen molar-refractivity contribution >= 4 is 28.6 Å². The van der Waals surface area contributed by atoms with E-state index in [2.05, 4.69) is 16.4 Å². The molecule has 3 nitrogen and oxygen atoms in total. The minimum absolute atomic E-state index is 0.0889. The first-order valence-corrected chi connectivity index (χ1v) is 8.79. The molecule has 0 saturated carbocycles. The number of thiophene rings is 1. The summed E-state index contributed by atoms with van der Waals surface area (Å²) in [4.78, 5) is 18.6. The predicted octanol–water partition coefficient (Wildman–Crippen LogP) is 4.07. The van der Waals surface area contributed by atoms with E-state index in [1.807, 2.05) is 48.1 Å². The van der Waals surface area contributed by atoms with Crippen LogP contribution in [0.2, 0.25) is 0 Å². The van der Waals surface area contributed by atoms with E-state index in [0.717, 1.165) is 21.8 Å². The number of benzene rings is 1. The maximum absolute atomic E-state index is 12.3. The van der Waals surface area contributed by atoms with Crippen molar-refractivity contribution in [2.45, 2.75) is 13.0 Å². The summed E-state index contributed by atoms with van der Waals surface area (Å²) < 4.78 is 0. The maximum Gasteiger partial charge on any atom is 0.228 e. The van der Waals surface area contributed by atoms with Crippen molar-refractivity contribution in [3.63, 3.8) is 0 Å². The lowest BCUT2D eigenvalue weighted by atomic mass is 10.2. The molecule has 2 aromatic heterocycles. The van der Waals surface area contributed by atoms with Gasteiger partial charge in [-0.1, -0.05) is 30.3 Å². The molecule has 0 radical (unpaired) electrons. The summed E-state index contributed by atoms with van der Waals surface area (Å²) in [5, 5.41) is 7.07. The Labute approximate surface area is 137 Å². The van der Waals surface area contributed by atoms with Crippen LogP contribution in [-0.4, -0.2) is 22.8 Å². The second-order valence-corrected chi connectivity index (χ2v) is 6.71. The molecule has 0 unspecified atom stereocenters. The molecule has 0 spiro atoms. The Kier molecular flexibility index (Phi) is 4.65. The topological polar surface area (TPSA) is 33.2 Å². The van der Waals surface area contributed by atoms with Crippen molar-refractivity contribution < 1.29 is 4.79 Å². The smallest absolute Gasteiger partial charge is 0.228 e. The van der Waals surface area contributed by atoms with Crippen LogP contribution in [0.1, 0.15) is 11.3 Å². The molecule has 0 saturated heterocycles. The fourth-order valence-corrected chi connectivity index (χ4v) is 3.67. The normalized spacial score (nSPS) is 10.6. The maximum atomic E-state index is 12.3. The van der Waals surface area contributed by atoms with E-state index < -0.39 is 0 Å². The summed E-state index contributed by atoms with van der Waals surface area (Å²) in [6, 6.07) is 12.1. The Bertz CT molecular complexity index is 735. The zero-order valence-electron chi connectivity index (χ0n) is 12.2. The highest BCUT2D eigenvalue weighted by atomic mass is 32.1. The average Bonchev–Trinajstić information content (AvgIpc) is 3.19. The number of thiazole rings is 1. The minimum Gasteiger partial charge on any atom is -0.341 e. The van der Waals surface area contributed by atoms with Gasteiger partial charge in [-0.3, -0.25) is 4.79 Å². The lowest BCUT2D eigenvalue weighted by Gasteiger charge is -2.16. The van der Waals surface area contributed by atoms with Crippen molar-refractivity contribution in [1.82, 2.24) is 9.88 Å². The summed E-state index contributed by atoms with van der Waals surface area (Å²) in [5.41, 5.74) is 3.11. The van der Waals surface area contributed by atoms with E-state index in [4.69, 9.17) is 0 Å². The van der Waals surface area contributed by atoms with E-state index in [1.165, 1.54) is 0 Å². The molecular weight excluding hydrogens is 312 g/mol. The van der Waals surface area contributed by atoms with Crippen LogP contribution in [0.3, 0.4) is 0 Å². The molecule has 1 aromatic carbocycles. The first kappa shape index (κ1) is 14.9. The summed E-state index contributed by atoms with van der Waals surface area (Å²) in [5.74, 6) is 0.0889. The van der Waals surface area contributed by atoms with Gasteiger partial charge in [-0.2, -0.15) is 11.3 Å². The third-order valence-corrected chi connectivity index (χ3v) is 4.96. The Morgan fingerprint density at radius 2 is 2.00 bits per heavy atom. The lowest BCUT2D eigenvalue weighted by Crippen LogP contribution is -2.27. The van der Waals surface area contributed by atoms with Crippen molar-refractivity contribution in [3.05, 3.63) is 63.8 Å². The first-order valence-electron chi connectivity index (χ1n) is 6.97. The second kappa shape index (κ2) is 6.85. The lowest BCUT2D eigenvalue weighted by molar-refractivity contribution is -0.129. The van der Waals surface area contributed by atoms with E-state index >= 15 is 0 Å². The van der Waals surface area contributed by atoms with Gasteiger partial charge in [0.05, 0.1) is 12.1 Å². The third-order valence-electron chi connectivity index (χ3n) is 3.34. The second-order valence-electron chi connectivity index (χ2n) is 5.07. The quantitative estimate of drug-likeness (QED) is 0.707. The number of aromatic nitrogens is 1. The first-order chi connectivity index (χ1) is 10.7. The standard InChI is InChI=1S/C17H16N2OS2/c1-19(10-13-5-3-2-4-6-13)16(20)9-15-12-22-17(18-15)14-7-8-21-11-14/h2-8,11-12H,9-10H2,1H3. The van der Waals surface area contributed by atoms with Crippen LogP contribution in [0, 0.1) is 0 Å². The van der Waals surface area contributed by atoms with Gasteiger partial charge in [0.25, 0.3) is 0 Å². The van der Waals surface area contributed by atoms with Crippen LogP contribution in [-0.2, 0) is 17.8 Å². The number of hydrogen-bond donors (Lipinski definition) is 0. The molecule has 3 rings (SSSR count). The molecule has 2 heterocycles. The highest BCUT2D eigenvalue weighted by molar-refractivity contribution is 7.14. The highest BCUT2D eigenvalue weighted by Crippen LogP contribution is 2.25. The van der Waals surface area contributed by atoms with Gasteiger partial charge in [-0.25, -0.2) is 4.98 Å². The van der Waals surface area contributed by atoms with Crippen molar-refractivity contribution in [3.8, 4) is 10.6 Å². The van der Waals surface area contributed by atoms with Gasteiger partial charge in [0, 0.05) is 29.9 Å². The zero-order valence-corrected chi connectivity index (χ0v) is 13.9. The van der Waals surface area contributed by atoms with Crippen molar-refractivity contribution in [2.75, 3.05) is 7.05 Å². The van der Waals surface area contributed by atoms with Gasteiger partial charge in [0.15, 0.2) is 0 Å². The van der Waals surface area contributed by atoms with E-state index in [9.17, 15) is 4.79 Å². The van der Waals surface area contributed by atoms with Gasteiger partial charge < -0.3 is 4.90 Å². The molecule has 0 fully saturated rings. The monoisotopic (exact) mass is 328 g/mol. The number of likely N-dealkylation sites (N-methyl/N-ethyl adjacent to an activating group) is 1. The number of carbonyl (C=O) groups is 1. The summed E-state index contributed by atoms with van der Waals surface area (Å²) >= 11 is 3.24. The Morgan fingerprint density at radius 1 is 1.18 bits per heavy atom. The van der Waals surface area contributed by atoms with Crippen LogP contribution in [0.4, 0.5) is 0 Å². The van der Waals surface area contributed by atoms with Gasteiger partial charge in [0.1, 0.15) is 5.01 Å². The Morgan fingerprint density at radius 3 is 2.73 bits per heavy atom. The van der Waals surface area contributed by atoms with Crippen molar-refractivity contribution in [2.24, 2.45) is 0 Å². The van der Waals surface area contributed by atoms with Crippen LogP contribution < -0.4 is 0 Å². The zero-order chi connectivity index (χ0) is 15.4. The SMILES string of the molecule is CN(Cc1ccccc1)C(=O)Cc1csc(-c2ccsc2)n1. The molecule has 5 heteroatoms. The van der Waals surface area contributed by atoms with Gasteiger partial charge in [0.2, 0.25) is 5.91 Å². The molecule has 1 amide bonds. The number of carbonyl (C=O) groups excluding carboxylic acids is 1. The molecule has 22 heavy (non-hydrogen) atoms. The van der Waals surface area contributed by atoms with Crippen LogP contribution in [0.5, 0.6) is 0 Å². The van der Waals surface area contributed by atoms with Crippen LogP contribution in [0.15, 0.2) is 52.5 Å². The fourth-order valence-electron chi connectivity index (χ4n) is 2.14. The molecule has 0 aliphatic rings. The van der Waals surface area contributed by atoms with E-state index in [-0.39, 0.29) is 5.91 Å². The molecule has 0 aliphatic heterocycles.